The molecular weight excluding hydrogens is 356 g/mol. The lowest BCUT2D eigenvalue weighted by atomic mass is 10.0. The Morgan fingerprint density at radius 2 is 1.67 bits per heavy atom. The summed E-state index contributed by atoms with van der Waals surface area (Å²) in [4.78, 5) is 19.1. The van der Waals surface area contributed by atoms with E-state index in [-0.39, 0.29) is 11.4 Å². The molecule has 140 valence electrons. The molecule has 1 heterocycles. The third-order valence-corrected chi connectivity index (χ3v) is 4.95. The Labute approximate surface area is 164 Å². The maximum absolute atomic E-state index is 12.9. The number of amides is 1. The third kappa shape index (κ3) is 5.20. The van der Waals surface area contributed by atoms with Crippen LogP contribution >= 0.6 is 11.8 Å². The minimum absolute atomic E-state index is 0.0763. The zero-order valence-corrected chi connectivity index (χ0v) is 16.7. The number of thioether (sulfide) groups is 1. The van der Waals surface area contributed by atoms with Gasteiger partial charge in [0.1, 0.15) is 6.33 Å². The fourth-order valence-corrected chi connectivity index (χ4v) is 3.36. The number of rotatable bonds is 6. The molecule has 0 N–H and O–H groups in total. The SMILES string of the molecule is CC(C)(C)N(Cc1ccccc1)C(=O)CSc1ncn(-c2ccccc2)n1. The highest BCUT2D eigenvalue weighted by atomic mass is 32.2. The maximum atomic E-state index is 12.9. The van der Waals surface area contributed by atoms with Crippen LogP contribution in [0, 0.1) is 0 Å². The van der Waals surface area contributed by atoms with Crippen molar-refractivity contribution in [2.45, 2.75) is 38.0 Å². The Morgan fingerprint density at radius 3 is 2.30 bits per heavy atom. The highest BCUT2D eigenvalue weighted by Crippen LogP contribution is 2.21. The van der Waals surface area contributed by atoms with Crippen LogP contribution in [0.4, 0.5) is 0 Å². The van der Waals surface area contributed by atoms with Gasteiger partial charge < -0.3 is 4.90 Å². The van der Waals surface area contributed by atoms with Gasteiger partial charge in [0.05, 0.1) is 11.4 Å². The van der Waals surface area contributed by atoms with Crippen LogP contribution in [0.15, 0.2) is 72.1 Å². The minimum Gasteiger partial charge on any atom is -0.333 e. The van der Waals surface area contributed by atoms with Gasteiger partial charge in [0.15, 0.2) is 0 Å². The van der Waals surface area contributed by atoms with Crippen LogP contribution in [-0.4, -0.2) is 36.9 Å². The third-order valence-electron chi connectivity index (χ3n) is 4.11. The summed E-state index contributed by atoms with van der Waals surface area (Å²) in [6.07, 6.45) is 1.67. The average molecular weight is 381 g/mol. The quantitative estimate of drug-likeness (QED) is 0.602. The van der Waals surface area contributed by atoms with Crippen LogP contribution in [0.2, 0.25) is 0 Å². The number of hydrogen-bond donors (Lipinski definition) is 0. The van der Waals surface area contributed by atoms with Gasteiger partial charge in [-0.15, -0.1) is 5.10 Å². The molecule has 2 aromatic carbocycles. The molecule has 0 aliphatic carbocycles. The highest BCUT2D eigenvalue weighted by Gasteiger charge is 2.26. The fraction of sp³-hybridized carbons (Fsp3) is 0.286. The van der Waals surface area contributed by atoms with E-state index in [2.05, 4.69) is 30.9 Å². The Morgan fingerprint density at radius 1 is 1.04 bits per heavy atom. The fourth-order valence-electron chi connectivity index (χ4n) is 2.69. The summed E-state index contributed by atoms with van der Waals surface area (Å²) < 4.78 is 1.72. The summed E-state index contributed by atoms with van der Waals surface area (Å²) in [5.41, 5.74) is 1.81. The molecule has 0 saturated heterocycles. The van der Waals surface area contributed by atoms with Crippen molar-refractivity contribution in [2.24, 2.45) is 0 Å². The van der Waals surface area contributed by atoms with E-state index in [0.717, 1.165) is 11.3 Å². The monoisotopic (exact) mass is 380 g/mol. The van der Waals surface area contributed by atoms with E-state index in [1.807, 2.05) is 65.6 Å². The van der Waals surface area contributed by atoms with Gasteiger partial charge in [0.25, 0.3) is 0 Å². The molecule has 3 rings (SSSR count). The lowest BCUT2D eigenvalue weighted by Crippen LogP contribution is -2.45. The van der Waals surface area contributed by atoms with Crippen LogP contribution in [-0.2, 0) is 11.3 Å². The van der Waals surface area contributed by atoms with Gasteiger partial charge in [-0.1, -0.05) is 60.3 Å². The Balaban J connectivity index is 1.65. The normalized spacial score (nSPS) is 11.4. The van der Waals surface area contributed by atoms with Gasteiger partial charge in [-0.2, -0.15) is 0 Å². The van der Waals surface area contributed by atoms with Gasteiger partial charge >= 0.3 is 0 Å². The first-order chi connectivity index (χ1) is 12.9. The first-order valence-electron chi connectivity index (χ1n) is 8.88. The van der Waals surface area contributed by atoms with Crippen molar-refractivity contribution in [3.05, 3.63) is 72.6 Å². The van der Waals surface area contributed by atoms with Gasteiger partial charge in [0.2, 0.25) is 11.1 Å². The van der Waals surface area contributed by atoms with Gasteiger partial charge in [0, 0.05) is 12.1 Å². The lowest BCUT2D eigenvalue weighted by molar-refractivity contribution is -0.133. The molecule has 1 amide bonds. The number of para-hydroxylation sites is 1. The van der Waals surface area contributed by atoms with Crippen molar-refractivity contribution in [1.29, 1.82) is 0 Å². The molecule has 0 aliphatic rings. The van der Waals surface area contributed by atoms with Crippen LogP contribution in [0.25, 0.3) is 5.69 Å². The Hall–Kier alpha value is -2.60. The highest BCUT2D eigenvalue weighted by molar-refractivity contribution is 7.99. The second-order valence-corrected chi connectivity index (χ2v) is 8.17. The molecular formula is C21H24N4OS. The lowest BCUT2D eigenvalue weighted by Gasteiger charge is -2.36. The second-order valence-electron chi connectivity index (χ2n) is 7.23. The number of carbonyl (C=O) groups is 1. The molecule has 0 spiro atoms. The van der Waals surface area contributed by atoms with E-state index in [9.17, 15) is 4.79 Å². The van der Waals surface area contributed by atoms with E-state index in [1.165, 1.54) is 11.8 Å². The maximum Gasteiger partial charge on any atom is 0.233 e. The van der Waals surface area contributed by atoms with Crippen molar-refractivity contribution >= 4 is 17.7 Å². The molecule has 1 aromatic heterocycles. The molecule has 3 aromatic rings. The van der Waals surface area contributed by atoms with Crippen molar-refractivity contribution in [3.63, 3.8) is 0 Å². The van der Waals surface area contributed by atoms with Crippen molar-refractivity contribution in [3.8, 4) is 5.69 Å². The molecule has 0 saturated carbocycles. The van der Waals surface area contributed by atoms with Crippen molar-refractivity contribution < 1.29 is 4.79 Å². The van der Waals surface area contributed by atoms with Crippen molar-refractivity contribution in [2.75, 3.05) is 5.75 Å². The minimum atomic E-state index is -0.260. The predicted octanol–water partition coefficient (Wildman–Crippen LogP) is 4.19. The second kappa shape index (κ2) is 8.39. The summed E-state index contributed by atoms with van der Waals surface area (Å²) >= 11 is 1.36. The number of benzene rings is 2. The van der Waals surface area contributed by atoms with E-state index in [4.69, 9.17) is 0 Å². The first kappa shape index (κ1) is 19.2. The molecule has 0 aliphatic heterocycles. The zero-order chi connectivity index (χ0) is 19.3. The molecule has 6 heteroatoms. The summed E-state index contributed by atoms with van der Waals surface area (Å²) in [7, 11) is 0. The standard InChI is InChI=1S/C21H24N4OS/c1-21(2,3)24(14-17-10-6-4-7-11-17)19(26)15-27-20-22-16-25(23-20)18-12-8-5-9-13-18/h4-13,16H,14-15H2,1-3H3. The smallest absolute Gasteiger partial charge is 0.233 e. The van der Waals surface area contributed by atoms with Gasteiger partial charge in [-0.05, 0) is 38.5 Å². The molecule has 0 bridgehead atoms. The number of nitrogens with zero attached hydrogens (tertiary/aromatic N) is 4. The molecule has 0 radical (unpaired) electrons. The van der Waals surface area contributed by atoms with E-state index in [0.29, 0.717) is 17.5 Å². The number of carbonyl (C=O) groups excluding carboxylic acids is 1. The van der Waals surface area contributed by atoms with Crippen LogP contribution in [0.5, 0.6) is 0 Å². The molecule has 5 nitrogen and oxygen atoms in total. The van der Waals surface area contributed by atoms with E-state index in [1.54, 1.807) is 11.0 Å². The number of hydrogen-bond acceptors (Lipinski definition) is 4. The van der Waals surface area contributed by atoms with Crippen LogP contribution in [0.1, 0.15) is 26.3 Å². The molecule has 0 atom stereocenters. The van der Waals surface area contributed by atoms with Crippen LogP contribution in [0.3, 0.4) is 0 Å². The topological polar surface area (TPSA) is 51.0 Å². The molecule has 27 heavy (non-hydrogen) atoms. The Bertz CT molecular complexity index is 872. The van der Waals surface area contributed by atoms with Gasteiger partial charge in [-0.25, -0.2) is 9.67 Å². The van der Waals surface area contributed by atoms with Gasteiger partial charge in [-0.3, -0.25) is 4.79 Å². The molecule has 0 unspecified atom stereocenters. The first-order valence-corrected chi connectivity index (χ1v) is 9.86. The summed E-state index contributed by atoms with van der Waals surface area (Å²) in [5, 5.41) is 5.05. The Kier molecular flexibility index (Phi) is 5.96. The van der Waals surface area contributed by atoms with E-state index < -0.39 is 0 Å². The average Bonchev–Trinajstić information content (AvgIpc) is 3.14. The molecule has 0 fully saturated rings. The number of aromatic nitrogens is 3. The largest absolute Gasteiger partial charge is 0.333 e. The van der Waals surface area contributed by atoms with Crippen LogP contribution < -0.4 is 0 Å². The van der Waals surface area contributed by atoms with E-state index >= 15 is 0 Å². The summed E-state index contributed by atoms with van der Waals surface area (Å²) in [6, 6.07) is 19.9. The summed E-state index contributed by atoms with van der Waals surface area (Å²) in [5.74, 6) is 0.385. The summed E-state index contributed by atoms with van der Waals surface area (Å²) in [6.45, 7) is 6.76. The predicted molar refractivity (Wildman–Crippen MR) is 109 cm³/mol. The zero-order valence-electron chi connectivity index (χ0n) is 15.9. The van der Waals surface area contributed by atoms with Crippen molar-refractivity contribution in [1.82, 2.24) is 19.7 Å².